The van der Waals surface area contributed by atoms with Crippen molar-refractivity contribution in [3.63, 3.8) is 0 Å². The van der Waals surface area contributed by atoms with Crippen molar-refractivity contribution in [2.24, 2.45) is 0 Å². The summed E-state index contributed by atoms with van der Waals surface area (Å²) in [5.74, 6) is 0. The van der Waals surface area contributed by atoms with Crippen LogP contribution in [0.4, 0.5) is 0 Å². The zero-order chi connectivity index (χ0) is 4.99. The smallest absolute Gasteiger partial charge is 0.140 e. The summed E-state index contributed by atoms with van der Waals surface area (Å²) < 4.78 is 14.4. The Kier molecular flexibility index (Phi) is 3.84. The van der Waals surface area contributed by atoms with Crippen molar-refractivity contribution < 1.29 is 9.09 Å². The zero-order valence-corrected chi connectivity index (χ0v) is 5.38. The standard InChI is InChI=1S/C2H6O2PS/c1-4-5(3)6-2/h1-2H3/q+1. The molecule has 0 heterocycles. The van der Waals surface area contributed by atoms with Crippen molar-refractivity contribution in [1.82, 2.24) is 0 Å². The molecule has 6 heavy (non-hydrogen) atoms. The van der Waals surface area contributed by atoms with Crippen LogP contribution in [-0.2, 0) is 9.09 Å². The van der Waals surface area contributed by atoms with Gasteiger partial charge in [-0.25, -0.2) is 0 Å². The first-order valence-electron chi connectivity index (χ1n) is 1.36. The highest BCUT2D eigenvalue weighted by Crippen LogP contribution is 2.34. The lowest BCUT2D eigenvalue weighted by Crippen LogP contribution is -1.54. The molecular weight excluding hydrogens is 119 g/mol. The fourth-order valence-corrected chi connectivity index (χ4v) is 0.671. The molecule has 0 aliphatic rings. The van der Waals surface area contributed by atoms with Crippen LogP contribution in [-0.4, -0.2) is 13.4 Å². The Labute approximate surface area is 41.9 Å². The first-order valence-corrected chi connectivity index (χ1v) is 4.37. The molecule has 0 fully saturated rings. The molecule has 2 nitrogen and oxygen atoms in total. The average molecular weight is 125 g/mol. The lowest BCUT2D eigenvalue weighted by molar-refractivity contribution is 0.429. The van der Waals surface area contributed by atoms with E-state index in [1.165, 1.54) is 18.5 Å². The van der Waals surface area contributed by atoms with Gasteiger partial charge in [0.1, 0.15) is 0 Å². The topological polar surface area (TPSA) is 26.3 Å². The molecule has 0 rings (SSSR count). The lowest BCUT2D eigenvalue weighted by atomic mass is 11.8. The first-order chi connectivity index (χ1) is 2.81. The van der Waals surface area contributed by atoms with Crippen LogP contribution < -0.4 is 0 Å². The third kappa shape index (κ3) is 2.64. The van der Waals surface area contributed by atoms with Crippen molar-refractivity contribution in [2.75, 3.05) is 13.4 Å². The molecule has 0 saturated heterocycles. The van der Waals surface area contributed by atoms with Crippen LogP contribution in [0.1, 0.15) is 0 Å². The summed E-state index contributed by atoms with van der Waals surface area (Å²) in [5, 5.41) is 0. The van der Waals surface area contributed by atoms with E-state index in [1.54, 1.807) is 6.26 Å². The third-order valence-electron chi connectivity index (χ3n) is 0.298. The van der Waals surface area contributed by atoms with Gasteiger partial charge in [0, 0.05) is 6.26 Å². The van der Waals surface area contributed by atoms with Crippen molar-refractivity contribution >= 4 is 18.6 Å². The minimum atomic E-state index is -1.41. The highest BCUT2D eigenvalue weighted by atomic mass is 32.7. The van der Waals surface area contributed by atoms with E-state index in [9.17, 15) is 4.57 Å². The fraction of sp³-hybridized carbons (Fsp3) is 1.00. The van der Waals surface area contributed by atoms with Crippen molar-refractivity contribution in [3.8, 4) is 0 Å². The van der Waals surface area contributed by atoms with E-state index in [2.05, 4.69) is 4.52 Å². The van der Waals surface area contributed by atoms with Crippen LogP contribution in [0.25, 0.3) is 0 Å². The molecule has 1 unspecified atom stereocenters. The van der Waals surface area contributed by atoms with E-state index in [1.807, 2.05) is 0 Å². The molecule has 0 aliphatic heterocycles. The van der Waals surface area contributed by atoms with Crippen LogP contribution in [0, 0.1) is 0 Å². The number of rotatable bonds is 2. The highest BCUT2D eigenvalue weighted by Gasteiger charge is 2.09. The second-order valence-corrected chi connectivity index (χ2v) is 3.76. The Balaban J connectivity index is 2.99. The summed E-state index contributed by atoms with van der Waals surface area (Å²) in [7, 11) is 0.0163. The molecule has 0 aromatic rings. The van der Waals surface area contributed by atoms with E-state index in [0.717, 1.165) is 0 Å². The Morgan fingerprint density at radius 3 is 2.33 bits per heavy atom. The zero-order valence-electron chi connectivity index (χ0n) is 3.67. The Hall–Kier alpha value is 0.410. The summed E-state index contributed by atoms with van der Waals surface area (Å²) in [6, 6.07) is 0. The second-order valence-electron chi connectivity index (χ2n) is 0.589. The van der Waals surface area contributed by atoms with Crippen molar-refractivity contribution in [1.29, 1.82) is 0 Å². The third-order valence-corrected chi connectivity index (χ3v) is 2.24. The Morgan fingerprint density at radius 2 is 2.33 bits per heavy atom. The number of hydrogen-bond acceptors (Lipinski definition) is 3. The van der Waals surface area contributed by atoms with E-state index in [0.29, 0.717) is 0 Å². The maximum Gasteiger partial charge on any atom is 0.584 e. The first kappa shape index (κ1) is 6.41. The summed E-state index contributed by atoms with van der Waals surface area (Å²) in [6.45, 7) is 0. The van der Waals surface area contributed by atoms with Gasteiger partial charge in [-0.1, -0.05) is 0 Å². The molecule has 0 aromatic carbocycles. The molecule has 1 atom stereocenters. The summed E-state index contributed by atoms with van der Waals surface area (Å²) in [4.78, 5) is 0. The Bertz CT molecular complexity index is 49.5. The van der Waals surface area contributed by atoms with Crippen LogP contribution in [0.15, 0.2) is 0 Å². The van der Waals surface area contributed by atoms with Gasteiger partial charge >= 0.3 is 7.23 Å². The minimum Gasteiger partial charge on any atom is -0.140 e. The van der Waals surface area contributed by atoms with Gasteiger partial charge in [-0.3, -0.25) is 0 Å². The van der Waals surface area contributed by atoms with Crippen LogP contribution in [0.3, 0.4) is 0 Å². The Morgan fingerprint density at radius 1 is 1.83 bits per heavy atom. The number of hydrogen-bond donors (Lipinski definition) is 0. The van der Waals surface area contributed by atoms with Gasteiger partial charge in [0.15, 0.2) is 11.4 Å². The molecule has 0 bridgehead atoms. The van der Waals surface area contributed by atoms with E-state index in [-0.39, 0.29) is 0 Å². The van der Waals surface area contributed by atoms with Gasteiger partial charge in [0.2, 0.25) is 0 Å². The van der Waals surface area contributed by atoms with Crippen molar-refractivity contribution in [3.05, 3.63) is 0 Å². The van der Waals surface area contributed by atoms with Crippen LogP contribution in [0.2, 0.25) is 0 Å². The summed E-state index contributed by atoms with van der Waals surface area (Å²) in [5.41, 5.74) is 0. The molecular formula is C2H6O2PS+. The summed E-state index contributed by atoms with van der Waals surface area (Å²) in [6.07, 6.45) is 1.74. The quantitative estimate of drug-likeness (QED) is 0.525. The maximum absolute atomic E-state index is 10.1. The van der Waals surface area contributed by atoms with Gasteiger partial charge in [-0.05, 0) is 4.57 Å². The van der Waals surface area contributed by atoms with Crippen molar-refractivity contribution in [2.45, 2.75) is 0 Å². The maximum atomic E-state index is 10.1. The molecule has 0 spiro atoms. The van der Waals surface area contributed by atoms with Gasteiger partial charge in [0.05, 0.1) is 7.11 Å². The van der Waals surface area contributed by atoms with Gasteiger partial charge in [0.25, 0.3) is 0 Å². The second kappa shape index (κ2) is 3.59. The molecule has 0 aliphatic carbocycles. The predicted molar refractivity (Wildman–Crippen MR) is 28.1 cm³/mol. The fourth-order valence-electron chi connectivity index (χ4n) is 0.0745. The minimum absolute atomic E-state index is 1.21. The molecule has 0 aromatic heterocycles. The average Bonchev–Trinajstić information content (AvgIpc) is 1.65. The van der Waals surface area contributed by atoms with Crippen LogP contribution in [0.5, 0.6) is 0 Å². The SMILES string of the molecule is CO[P+](=O)SC. The monoisotopic (exact) mass is 125 g/mol. The largest absolute Gasteiger partial charge is 0.584 e. The lowest BCUT2D eigenvalue weighted by Gasteiger charge is -1.64. The molecule has 0 N–H and O–H groups in total. The highest BCUT2D eigenvalue weighted by molar-refractivity contribution is 8.49. The molecule has 0 saturated carbocycles. The summed E-state index contributed by atoms with van der Waals surface area (Å²) >= 11 is 1.21. The molecule has 0 amide bonds. The molecule has 36 valence electrons. The predicted octanol–water partition coefficient (Wildman–Crippen LogP) is 1.65. The van der Waals surface area contributed by atoms with Gasteiger partial charge < -0.3 is 0 Å². The van der Waals surface area contributed by atoms with Gasteiger partial charge in [-0.2, -0.15) is 0 Å². The van der Waals surface area contributed by atoms with E-state index >= 15 is 0 Å². The molecule has 4 heteroatoms. The molecule has 0 radical (unpaired) electrons. The van der Waals surface area contributed by atoms with Crippen LogP contribution >= 0.6 is 18.6 Å². The van der Waals surface area contributed by atoms with Gasteiger partial charge in [-0.15, -0.1) is 4.52 Å². The normalized spacial score (nSPS) is 11.3. The van der Waals surface area contributed by atoms with E-state index in [4.69, 9.17) is 0 Å². The van der Waals surface area contributed by atoms with E-state index < -0.39 is 7.23 Å².